The molecule has 0 aliphatic carbocycles. The average Bonchev–Trinajstić information content (AvgIpc) is 3.35. The fourth-order valence-corrected chi connectivity index (χ4v) is 4.59. The topological polar surface area (TPSA) is 50.5 Å². The van der Waals surface area contributed by atoms with Crippen molar-refractivity contribution >= 4 is 34.8 Å². The van der Waals surface area contributed by atoms with Gasteiger partial charge in [-0.1, -0.05) is 44.2 Å². The van der Waals surface area contributed by atoms with E-state index in [4.69, 9.17) is 4.42 Å². The van der Waals surface area contributed by atoms with E-state index in [-0.39, 0.29) is 11.8 Å². The van der Waals surface area contributed by atoms with Gasteiger partial charge in [0.15, 0.2) is 0 Å². The molecule has 1 aliphatic heterocycles. The Morgan fingerprint density at radius 3 is 2.29 bits per heavy atom. The molecule has 2 amide bonds. The normalized spacial score (nSPS) is 14.3. The van der Waals surface area contributed by atoms with Crippen molar-refractivity contribution in [3.05, 3.63) is 93.8 Å². The molecule has 0 N–H and O–H groups in total. The van der Waals surface area contributed by atoms with Gasteiger partial charge in [-0.15, -0.1) is 11.8 Å². The number of carbonyl (C=O) groups is 2. The second-order valence-electron chi connectivity index (χ2n) is 8.06. The minimum absolute atomic E-state index is 0.285. The highest BCUT2D eigenvalue weighted by Gasteiger charge is 2.40. The smallest absolute Gasteiger partial charge is 0.272 e. The molecule has 31 heavy (non-hydrogen) atoms. The second kappa shape index (κ2) is 8.60. The molecule has 5 heteroatoms. The summed E-state index contributed by atoms with van der Waals surface area (Å²) in [4.78, 5) is 28.7. The second-order valence-corrected chi connectivity index (χ2v) is 9.05. The predicted octanol–water partition coefficient (Wildman–Crippen LogP) is 6.24. The molecule has 158 valence electrons. The van der Waals surface area contributed by atoms with Crippen LogP contribution in [0.5, 0.6) is 0 Å². The molecule has 0 radical (unpaired) electrons. The number of nitrogens with zero attached hydrogens (tertiary/aromatic N) is 1. The van der Waals surface area contributed by atoms with Crippen molar-refractivity contribution in [1.82, 2.24) is 0 Å². The van der Waals surface area contributed by atoms with Crippen LogP contribution in [0.25, 0.3) is 5.57 Å². The Bertz CT molecular complexity index is 1160. The molecule has 0 atom stereocenters. The van der Waals surface area contributed by atoms with E-state index >= 15 is 0 Å². The Kier molecular flexibility index (Phi) is 5.88. The standard InChI is InChI=1S/C26H25NO3S/c1-16(2)19-9-11-21(12-10-19)27-25(28)23(20-8-7-17(3)18(4)14-20)24(26(27)29)31-15-22-6-5-13-30-22/h5-14,16H,15H2,1-4H3. The van der Waals surface area contributed by atoms with Crippen molar-refractivity contribution in [2.75, 3.05) is 4.90 Å². The lowest BCUT2D eigenvalue weighted by Gasteiger charge is -2.16. The van der Waals surface area contributed by atoms with Crippen LogP contribution in [-0.2, 0) is 15.3 Å². The largest absolute Gasteiger partial charge is 0.468 e. The molecule has 0 spiro atoms. The number of carbonyl (C=O) groups excluding carboxylic acids is 2. The van der Waals surface area contributed by atoms with Crippen molar-refractivity contribution in [1.29, 1.82) is 0 Å². The minimum atomic E-state index is -0.285. The number of imide groups is 1. The van der Waals surface area contributed by atoms with Gasteiger partial charge in [-0.05, 0) is 66.3 Å². The highest BCUT2D eigenvalue weighted by Crippen LogP contribution is 2.40. The summed E-state index contributed by atoms with van der Waals surface area (Å²) in [5.74, 6) is 1.05. The van der Waals surface area contributed by atoms with Crippen LogP contribution >= 0.6 is 11.8 Å². The van der Waals surface area contributed by atoms with Gasteiger partial charge in [0, 0.05) is 0 Å². The van der Waals surface area contributed by atoms with Crippen molar-refractivity contribution in [2.24, 2.45) is 0 Å². The number of aryl methyl sites for hydroxylation is 2. The molecule has 3 aromatic rings. The molecule has 4 rings (SSSR count). The first-order valence-corrected chi connectivity index (χ1v) is 11.3. The SMILES string of the molecule is Cc1ccc(C2=C(SCc3ccco3)C(=O)N(c3ccc(C(C)C)cc3)C2=O)cc1C. The molecule has 4 nitrogen and oxygen atoms in total. The number of amides is 2. The lowest BCUT2D eigenvalue weighted by molar-refractivity contribution is -0.119. The maximum absolute atomic E-state index is 13.5. The molecule has 2 heterocycles. The monoisotopic (exact) mass is 431 g/mol. The molecule has 2 aromatic carbocycles. The third kappa shape index (κ3) is 4.10. The zero-order valence-electron chi connectivity index (χ0n) is 18.1. The van der Waals surface area contributed by atoms with E-state index in [1.165, 1.54) is 16.7 Å². The highest BCUT2D eigenvalue weighted by molar-refractivity contribution is 8.03. The summed E-state index contributed by atoms with van der Waals surface area (Å²) in [6.07, 6.45) is 1.61. The number of hydrogen-bond donors (Lipinski definition) is 0. The summed E-state index contributed by atoms with van der Waals surface area (Å²) >= 11 is 1.35. The lowest BCUT2D eigenvalue weighted by Crippen LogP contribution is -2.31. The molecule has 0 saturated carbocycles. The van der Waals surface area contributed by atoms with Gasteiger partial charge < -0.3 is 4.42 Å². The Balaban J connectivity index is 1.74. The Hall–Kier alpha value is -3.05. The third-order valence-corrected chi connectivity index (χ3v) is 6.69. The zero-order valence-corrected chi connectivity index (χ0v) is 19.0. The molecule has 0 fully saturated rings. The number of benzene rings is 2. The minimum Gasteiger partial charge on any atom is -0.468 e. The maximum atomic E-state index is 13.5. The van der Waals surface area contributed by atoms with E-state index in [9.17, 15) is 9.59 Å². The van der Waals surface area contributed by atoms with Gasteiger partial charge in [0.1, 0.15) is 5.76 Å². The fourth-order valence-electron chi connectivity index (χ4n) is 3.58. The average molecular weight is 432 g/mol. The summed E-state index contributed by atoms with van der Waals surface area (Å²) in [6, 6.07) is 17.2. The third-order valence-electron chi connectivity index (χ3n) is 5.59. The van der Waals surface area contributed by atoms with E-state index in [0.717, 1.165) is 28.0 Å². The molecule has 1 aliphatic rings. The maximum Gasteiger partial charge on any atom is 0.272 e. The van der Waals surface area contributed by atoms with Crippen LogP contribution in [0, 0.1) is 13.8 Å². The van der Waals surface area contributed by atoms with E-state index in [1.807, 2.05) is 68.4 Å². The van der Waals surface area contributed by atoms with Gasteiger partial charge in [-0.2, -0.15) is 0 Å². The van der Waals surface area contributed by atoms with Crippen LogP contribution in [0.15, 0.2) is 70.2 Å². The van der Waals surface area contributed by atoms with Crippen LogP contribution < -0.4 is 4.90 Å². The van der Waals surface area contributed by atoms with Gasteiger partial charge >= 0.3 is 0 Å². The lowest BCUT2D eigenvalue weighted by atomic mass is 10.0. The molecule has 0 bridgehead atoms. The molecular weight excluding hydrogens is 406 g/mol. The number of hydrogen-bond acceptors (Lipinski definition) is 4. The predicted molar refractivity (Wildman–Crippen MR) is 126 cm³/mol. The highest BCUT2D eigenvalue weighted by atomic mass is 32.2. The van der Waals surface area contributed by atoms with Crippen LogP contribution in [0.1, 0.15) is 47.8 Å². The van der Waals surface area contributed by atoms with Crippen LogP contribution in [0.4, 0.5) is 5.69 Å². The number of thioether (sulfide) groups is 1. The summed E-state index contributed by atoms with van der Waals surface area (Å²) in [5, 5.41) is 0. The summed E-state index contributed by atoms with van der Waals surface area (Å²) < 4.78 is 5.42. The first kappa shape index (κ1) is 21.2. The first-order chi connectivity index (χ1) is 14.9. The van der Waals surface area contributed by atoms with Gasteiger partial charge in [0.2, 0.25) is 0 Å². The number of furan rings is 1. The van der Waals surface area contributed by atoms with Crippen LogP contribution in [-0.4, -0.2) is 11.8 Å². The summed E-state index contributed by atoms with van der Waals surface area (Å²) in [7, 11) is 0. The molecule has 0 unspecified atom stereocenters. The van der Waals surface area contributed by atoms with Crippen LogP contribution in [0.3, 0.4) is 0 Å². The Labute approximate surface area is 186 Å². The van der Waals surface area contributed by atoms with Gasteiger partial charge in [-0.3, -0.25) is 9.59 Å². The van der Waals surface area contributed by atoms with Gasteiger partial charge in [-0.25, -0.2) is 4.90 Å². The molecule has 1 aromatic heterocycles. The van der Waals surface area contributed by atoms with E-state index < -0.39 is 0 Å². The number of anilines is 1. The zero-order chi connectivity index (χ0) is 22.1. The van der Waals surface area contributed by atoms with E-state index in [2.05, 4.69) is 13.8 Å². The van der Waals surface area contributed by atoms with Crippen molar-refractivity contribution in [3.63, 3.8) is 0 Å². The van der Waals surface area contributed by atoms with E-state index in [1.54, 1.807) is 6.26 Å². The van der Waals surface area contributed by atoms with Gasteiger partial charge in [0.25, 0.3) is 11.8 Å². The Morgan fingerprint density at radius 2 is 1.68 bits per heavy atom. The Morgan fingerprint density at radius 1 is 0.935 bits per heavy atom. The summed E-state index contributed by atoms with van der Waals surface area (Å²) in [5.41, 5.74) is 5.21. The fraction of sp³-hybridized carbons (Fsp3) is 0.231. The van der Waals surface area contributed by atoms with Crippen LogP contribution in [0.2, 0.25) is 0 Å². The van der Waals surface area contributed by atoms with E-state index in [0.29, 0.717) is 27.8 Å². The van der Waals surface area contributed by atoms with Crippen molar-refractivity contribution in [2.45, 2.75) is 39.4 Å². The summed E-state index contributed by atoms with van der Waals surface area (Å²) in [6.45, 7) is 8.27. The van der Waals surface area contributed by atoms with Gasteiger partial charge in [0.05, 0.1) is 28.2 Å². The number of rotatable bonds is 6. The van der Waals surface area contributed by atoms with Crippen molar-refractivity contribution < 1.29 is 14.0 Å². The van der Waals surface area contributed by atoms with Crippen molar-refractivity contribution in [3.8, 4) is 0 Å². The first-order valence-electron chi connectivity index (χ1n) is 10.3. The molecule has 0 saturated heterocycles. The molecular formula is C26H25NO3S. The quantitative estimate of drug-likeness (QED) is 0.434.